The van der Waals surface area contributed by atoms with Gasteiger partial charge in [0.2, 0.25) is 0 Å². The number of rotatable bonds is 2. The van der Waals surface area contributed by atoms with Crippen LogP contribution in [0, 0.1) is 12.8 Å². The molecule has 1 aromatic carbocycles. The van der Waals surface area contributed by atoms with Crippen molar-refractivity contribution in [1.82, 2.24) is 10.3 Å². The molecule has 94 valence electrons. The van der Waals surface area contributed by atoms with E-state index in [0.29, 0.717) is 0 Å². The molecule has 1 aliphatic rings. The van der Waals surface area contributed by atoms with E-state index < -0.39 is 0 Å². The highest BCUT2D eigenvalue weighted by atomic mass is 16.1. The first kappa shape index (κ1) is 11.5. The van der Waals surface area contributed by atoms with Crippen LogP contribution in [0.1, 0.15) is 28.8 Å². The maximum Gasteiger partial charge on any atom is 0.169 e. The molecule has 0 saturated carbocycles. The lowest BCUT2D eigenvalue weighted by atomic mass is 9.91. The Morgan fingerprint density at radius 2 is 2.28 bits per heavy atom. The molecule has 1 fully saturated rings. The highest BCUT2D eigenvalue weighted by Crippen LogP contribution is 2.24. The summed E-state index contributed by atoms with van der Waals surface area (Å²) < 4.78 is 0. The Morgan fingerprint density at radius 1 is 1.39 bits per heavy atom. The normalized spacial score (nSPS) is 20.2. The van der Waals surface area contributed by atoms with Crippen LogP contribution in [0.3, 0.4) is 0 Å². The number of aromatic nitrogens is 1. The molecule has 3 nitrogen and oxygen atoms in total. The van der Waals surface area contributed by atoms with Crippen molar-refractivity contribution in [2.24, 2.45) is 5.92 Å². The van der Waals surface area contributed by atoms with E-state index >= 15 is 0 Å². The Morgan fingerprint density at radius 3 is 3.06 bits per heavy atom. The summed E-state index contributed by atoms with van der Waals surface area (Å²) in [5.74, 6) is 0.413. The summed E-state index contributed by atoms with van der Waals surface area (Å²) in [6, 6.07) is 6.20. The van der Waals surface area contributed by atoms with E-state index in [9.17, 15) is 4.79 Å². The molecule has 0 radical (unpaired) electrons. The van der Waals surface area contributed by atoms with Gasteiger partial charge in [-0.15, -0.1) is 0 Å². The molecule has 1 atom stereocenters. The fourth-order valence-corrected chi connectivity index (χ4v) is 2.74. The molecule has 1 aliphatic heterocycles. The van der Waals surface area contributed by atoms with Crippen molar-refractivity contribution in [2.45, 2.75) is 19.8 Å². The third kappa shape index (κ3) is 1.95. The zero-order valence-electron chi connectivity index (χ0n) is 10.6. The molecule has 0 aliphatic carbocycles. The summed E-state index contributed by atoms with van der Waals surface area (Å²) in [7, 11) is 0. The highest BCUT2D eigenvalue weighted by Gasteiger charge is 2.24. The zero-order chi connectivity index (χ0) is 12.5. The molecule has 1 saturated heterocycles. The van der Waals surface area contributed by atoms with Crippen LogP contribution in [0.15, 0.2) is 24.4 Å². The van der Waals surface area contributed by atoms with Gasteiger partial charge in [-0.1, -0.05) is 12.1 Å². The Bertz CT molecular complexity index is 579. The molecule has 2 heterocycles. The van der Waals surface area contributed by atoms with Crippen molar-refractivity contribution in [3.05, 3.63) is 35.5 Å². The Balaban J connectivity index is 1.96. The summed E-state index contributed by atoms with van der Waals surface area (Å²) in [6.07, 6.45) is 3.96. The van der Waals surface area contributed by atoms with E-state index in [1.807, 2.05) is 12.3 Å². The first-order valence-corrected chi connectivity index (χ1v) is 6.58. The van der Waals surface area contributed by atoms with E-state index in [2.05, 4.69) is 29.4 Å². The highest BCUT2D eigenvalue weighted by molar-refractivity contribution is 6.09. The molecule has 2 N–H and O–H groups in total. The van der Waals surface area contributed by atoms with E-state index in [-0.39, 0.29) is 11.7 Å². The molecule has 18 heavy (non-hydrogen) atoms. The van der Waals surface area contributed by atoms with Gasteiger partial charge in [-0.25, -0.2) is 0 Å². The number of benzene rings is 1. The summed E-state index contributed by atoms with van der Waals surface area (Å²) in [5.41, 5.74) is 3.11. The number of nitrogens with one attached hydrogen (secondary N) is 2. The average Bonchev–Trinajstić information content (AvgIpc) is 2.81. The molecule has 0 amide bonds. The van der Waals surface area contributed by atoms with E-state index in [1.165, 1.54) is 5.56 Å². The lowest BCUT2D eigenvalue weighted by Gasteiger charge is -2.21. The van der Waals surface area contributed by atoms with Gasteiger partial charge in [0.1, 0.15) is 0 Å². The summed E-state index contributed by atoms with van der Waals surface area (Å²) >= 11 is 0. The van der Waals surface area contributed by atoms with Crippen LogP contribution in [0.5, 0.6) is 0 Å². The van der Waals surface area contributed by atoms with Gasteiger partial charge in [-0.05, 0) is 37.9 Å². The zero-order valence-corrected chi connectivity index (χ0v) is 10.6. The number of carbonyl (C=O) groups is 1. The molecular formula is C15H18N2O. The minimum absolute atomic E-state index is 0.138. The maximum atomic E-state index is 12.5. The van der Waals surface area contributed by atoms with Crippen LogP contribution in [-0.2, 0) is 0 Å². The van der Waals surface area contributed by atoms with Gasteiger partial charge in [-0.2, -0.15) is 0 Å². The molecule has 3 rings (SSSR count). The number of aromatic amines is 1. The van der Waals surface area contributed by atoms with Gasteiger partial charge in [0.05, 0.1) is 0 Å². The Kier molecular flexibility index (Phi) is 2.92. The van der Waals surface area contributed by atoms with Gasteiger partial charge in [-0.3, -0.25) is 4.79 Å². The second kappa shape index (κ2) is 4.58. The third-order valence-corrected chi connectivity index (χ3v) is 3.77. The lowest BCUT2D eigenvalue weighted by molar-refractivity contribution is 0.0901. The molecule has 0 bridgehead atoms. The van der Waals surface area contributed by atoms with Crippen molar-refractivity contribution in [2.75, 3.05) is 13.1 Å². The van der Waals surface area contributed by atoms with Crippen molar-refractivity contribution >= 4 is 16.7 Å². The van der Waals surface area contributed by atoms with E-state index in [0.717, 1.165) is 42.4 Å². The minimum Gasteiger partial charge on any atom is -0.360 e. The first-order chi connectivity index (χ1) is 8.75. The van der Waals surface area contributed by atoms with Crippen LogP contribution in [-0.4, -0.2) is 23.9 Å². The summed E-state index contributed by atoms with van der Waals surface area (Å²) in [5, 5.41) is 4.36. The quantitative estimate of drug-likeness (QED) is 0.795. The number of hydrogen-bond donors (Lipinski definition) is 2. The average molecular weight is 242 g/mol. The Hall–Kier alpha value is -1.61. The van der Waals surface area contributed by atoms with Crippen molar-refractivity contribution in [1.29, 1.82) is 0 Å². The summed E-state index contributed by atoms with van der Waals surface area (Å²) in [6.45, 7) is 3.92. The van der Waals surface area contributed by atoms with E-state index in [4.69, 9.17) is 0 Å². The predicted molar refractivity (Wildman–Crippen MR) is 73.0 cm³/mol. The third-order valence-electron chi connectivity index (χ3n) is 3.77. The van der Waals surface area contributed by atoms with Gasteiger partial charge in [0.15, 0.2) is 5.78 Å². The number of Topliss-reactive ketones (excluding diaryl/α,β-unsaturated/α-hetero) is 1. The molecule has 0 spiro atoms. The van der Waals surface area contributed by atoms with Crippen LogP contribution >= 0.6 is 0 Å². The largest absolute Gasteiger partial charge is 0.360 e. The molecule has 3 heteroatoms. The Labute approximate surface area is 107 Å². The minimum atomic E-state index is 0.138. The van der Waals surface area contributed by atoms with Crippen LogP contribution < -0.4 is 5.32 Å². The van der Waals surface area contributed by atoms with Gasteiger partial charge in [0.25, 0.3) is 0 Å². The standard InChI is InChI=1S/C15H18N2O/c1-10-4-5-12-13(9-17-14(12)7-10)15(18)11-3-2-6-16-8-11/h4-5,7,9,11,16-17H,2-3,6,8H2,1H3. The van der Waals surface area contributed by atoms with Crippen molar-refractivity contribution in [3.8, 4) is 0 Å². The molecular weight excluding hydrogens is 224 g/mol. The number of piperidine rings is 1. The fourth-order valence-electron chi connectivity index (χ4n) is 2.74. The SMILES string of the molecule is Cc1ccc2c(C(=O)C3CCCNC3)c[nH]c2c1. The van der Waals surface area contributed by atoms with Crippen LogP contribution in [0.4, 0.5) is 0 Å². The van der Waals surface area contributed by atoms with Crippen molar-refractivity contribution < 1.29 is 4.79 Å². The van der Waals surface area contributed by atoms with E-state index in [1.54, 1.807) is 0 Å². The molecule has 2 aromatic rings. The smallest absolute Gasteiger partial charge is 0.169 e. The number of aryl methyl sites for hydroxylation is 1. The van der Waals surface area contributed by atoms with Crippen LogP contribution in [0.2, 0.25) is 0 Å². The van der Waals surface area contributed by atoms with Crippen molar-refractivity contribution in [3.63, 3.8) is 0 Å². The number of carbonyl (C=O) groups excluding carboxylic acids is 1. The van der Waals surface area contributed by atoms with Gasteiger partial charge >= 0.3 is 0 Å². The summed E-state index contributed by atoms with van der Waals surface area (Å²) in [4.78, 5) is 15.7. The van der Waals surface area contributed by atoms with Gasteiger partial charge < -0.3 is 10.3 Å². The number of H-pyrrole nitrogens is 1. The number of hydrogen-bond acceptors (Lipinski definition) is 2. The second-order valence-electron chi connectivity index (χ2n) is 5.16. The van der Waals surface area contributed by atoms with Crippen LogP contribution in [0.25, 0.3) is 10.9 Å². The fraction of sp³-hybridized carbons (Fsp3) is 0.400. The molecule has 1 aromatic heterocycles. The topological polar surface area (TPSA) is 44.9 Å². The monoisotopic (exact) mass is 242 g/mol. The second-order valence-corrected chi connectivity index (χ2v) is 5.16. The maximum absolute atomic E-state index is 12.5. The first-order valence-electron chi connectivity index (χ1n) is 6.58. The van der Waals surface area contributed by atoms with Gasteiger partial charge in [0, 0.05) is 35.1 Å². The predicted octanol–water partition coefficient (Wildman–Crippen LogP) is 2.66. The number of fused-ring (bicyclic) bond motifs is 1. The molecule has 1 unspecified atom stereocenters. The number of ketones is 1. The lowest BCUT2D eigenvalue weighted by Crippen LogP contribution is -2.34.